The lowest BCUT2D eigenvalue weighted by molar-refractivity contribution is -0.0613. The van der Waals surface area contributed by atoms with Gasteiger partial charge in [0, 0.05) is 24.8 Å². The first-order valence-electron chi connectivity index (χ1n) is 9.20. The first kappa shape index (κ1) is 18.1. The Bertz CT molecular complexity index is 818. The maximum atomic E-state index is 13.5. The van der Waals surface area contributed by atoms with Gasteiger partial charge in [-0.2, -0.15) is 4.98 Å². The summed E-state index contributed by atoms with van der Waals surface area (Å²) in [4.78, 5) is 10.8. The van der Waals surface area contributed by atoms with Gasteiger partial charge in [0.15, 0.2) is 0 Å². The maximum absolute atomic E-state index is 13.5. The van der Waals surface area contributed by atoms with Crippen molar-refractivity contribution in [3.8, 4) is 11.9 Å². The van der Waals surface area contributed by atoms with Gasteiger partial charge in [0.2, 0.25) is 5.88 Å². The zero-order valence-electron chi connectivity index (χ0n) is 15.6. The molecular weight excluding hydrogens is 349 g/mol. The average Bonchev–Trinajstić information content (AvgIpc) is 2.91. The van der Waals surface area contributed by atoms with Crippen LogP contribution in [0.5, 0.6) is 11.9 Å². The van der Waals surface area contributed by atoms with Crippen molar-refractivity contribution in [2.75, 3.05) is 14.2 Å². The van der Waals surface area contributed by atoms with Crippen LogP contribution in [0.3, 0.4) is 0 Å². The fourth-order valence-electron chi connectivity index (χ4n) is 4.56. The van der Waals surface area contributed by atoms with Crippen LogP contribution in [-0.4, -0.2) is 46.3 Å². The lowest BCUT2D eigenvalue weighted by Gasteiger charge is -2.44. The molecule has 0 radical (unpaired) electrons. The van der Waals surface area contributed by atoms with Gasteiger partial charge in [0.05, 0.1) is 25.4 Å². The van der Waals surface area contributed by atoms with Gasteiger partial charge in [0.1, 0.15) is 5.82 Å². The second-order valence-electron chi connectivity index (χ2n) is 7.41. The predicted molar refractivity (Wildman–Crippen MR) is 97.0 cm³/mol. The molecule has 0 aliphatic carbocycles. The molecule has 2 bridgehead atoms. The van der Waals surface area contributed by atoms with Crippen molar-refractivity contribution in [2.24, 2.45) is 0 Å². The largest absolute Gasteiger partial charge is 0.481 e. The van der Waals surface area contributed by atoms with Crippen LogP contribution in [0.1, 0.15) is 36.8 Å². The van der Waals surface area contributed by atoms with Gasteiger partial charge in [-0.25, -0.2) is 9.37 Å². The number of hydrogen-bond acceptors (Lipinski definition) is 6. The summed E-state index contributed by atoms with van der Waals surface area (Å²) in [6.45, 7) is 0.694. The SMILES string of the molecule is COc1ncc(C2(O)C[C@H]3CC[C@@H](C2)N3Cc2cccc(F)c2)c(OC)n1. The summed E-state index contributed by atoms with van der Waals surface area (Å²) >= 11 is 0. The highest BCUT2D eigenvalue weighted by Gasteiger charge is 2.49. The maximum Gasteiger partial charge on any atom is 0.319 e. The van der Waals surface area contributed by atoms with Gasteiger partial charge in [-0.05, 0) is 43.4 Å². The van der Waals surface area contributed by atoms with E-state index in [-0.39, 0.29) is 23.9 Å². The van der Waals surface area contributed by atoms with Crippen LogP contribution < -0.4 is 9.47 Å². The van der Waals surface area contributed by atoms with E-state index in [1.807, 2.05) is 6.07 Å². The van der Waals surface area contributed by atoms with Gasteiger partial charge in [-0.15, -0.1) is 0 Å². The average molecular weight is 373 g/mol. The number of benzene rings is 1. The fraction of sp³-hybridized carbons (Fsp3) is 0.500. The number of piperidine rings is 1. The number of hydrogen-bond donors (Lipinski definition) is 1. The summed E-state index contributed by atoms with van der Waals surface area (Å²) < 4.78 is 24.0. The second kappa shape index (κ2) is 7.05. The highest BCUT2D eigenvalue weighted by molar-refractivity contribution is 5.33. The molecule has 144 valence electrons. The van der Waals surface area contributed by atoms with Crippen LogP contribution in [0.2, 0.25) is 0 Å². The summed E-state index contributed by atoms with van der Waals surface area (Å²) in [5.41, 5.74) is 0.526. The lowest BCUT2D eigenvalue weighted by atomic mass is 9.81. The molecule has 7 heteroatoms. The second-order valence-corrected chi connectivity index (χ2v) is 7.41. The quantitative estimate of drug-likeness (QED) is 0.869. The third-order valence-corrected chi connectivity index (χ3v) is 5.78. The van der Waals surface area contributed by atoms with E-state index < -0.39 is 5.60 Å². The Kier molecular flexibility index (Phi) is 4.74. The van der Waals surface area contributed by atoms with Crippen LogP contribution >= 0.6 is 0 Å². The van der Waals surface area contributed by atoms with Crippen molar-refractivity contribution in [3.63, 3.8) is 0 Å². The number of nitrogens with zero attached hydrogens (tertiary/aromatic N) is 3. The molecule has 2 fully saturated rings. The minimum absolute atomic E-state index is 0.214. The van der Waals surface area contributed by atoms with Crippen LogP contribution in [0.25, 0.3) is 0 Å². The molecule has 1 aromatic carbocycles. The number of halogens is 1. The zero-order chi connectivity index (χ0) is 19.0. The standard InChI is InChI=1S/C20H24FN3O3/c1-26-18-17(11-22-19(23-18)27-2)20(25)9-15-6-7-16(10-20)24(15)12-13-4-3-5-14(21)8-13/h3-5,8,11,15-16,25H,6-7,9-10,12H2,1-2H3/t15-,16+,20?. The fourth-order valence-corrected chi connectivity index (χ4v) is 4.56. The van der Waals surface area contributed by atoms with E-state index in [1.165, 1.54) is 20.3 Å². The number of ether oxygens (including phenoxy) is 2. The Balaban J connectivity index is 1.57. The summed E-state index contributed by atoms with van der Waals surface area (Å²) in [6, 6.07) is 7.40. The Hall–Kier alpha value is -2.25. The molecule has 6 nitrogen and oxygen atoms in total. The number of methoxy groups -OCH3 is 2. The Labute approximate surface area is 158 Å². The van der Waals surface area contributed by atoms with Crippen molar-refractivity contribution < 1.29 is 19.0 Å². The summed E-state index contributed by atoms with van der Waals surface area (Å²) in [7, 11) is 3.02. The van der Waals surface area contributed by atoms with Gasteiger partial charge < -0.3 is 14.6 Å². The molecule has 27 heavy (non-hydrogen) atoms. The highest BCUT2D eigenvalue weighted by Crippen LogP contribution is 2.48. The molecular formula is C20H24FN3O3. The summed E-state index contributed by atoms with van der Waals surface area (Å²) in [6.07, 6.45) is 4.78. The van der Waals surface area contributed by atoms with Crippen molar-refractivity contribution in [2.45, 2.75) is 49.9 Å². The molecule has 1 unspecified atom stereocenters. The smallest absolute Gasteiger partial charge is 0.319 e. The Morgan fingerprint density at radius 1 is 1.22 bits per heavy atom. The molecule has 2 aliphatic rings. The Morgan fingerprint density at radius 3 is 2.59 bits per heavy atom. The van der Waals surface area contributed by atoms with Crippen LogP contribution in [0, 0.1) is 5.82 Å². The van der Waals surface area contributed by atoms with E-state index in [1.54, 1.807) is 18.3 Å². The van der Waals surface area contributed by atoms with Gasteiger partial charge >= 0.3 is 6.01 Å². The first-order chi connectivity index (χ1) is 13.0. The van der Waals surface area contributed by atoms with E-state index in [0.717, 1.165) is 18.4 Å². The zero-order valence-corrected chi connectivity index (χ0v) is 15.6. The van der Waals surface area contributed by atoms with E-state index in [4.69, 9.17) is 9.47 Å². The number of aromatic nitrogens is 2. The van der Waals surface area contributed by atoms with Crippen LogP contribution in [-0.2, 0) is 12.1 Å². The molecule has 0 amide bonds. The number of aliphatic hydroxyl groups is 1. The highest BCUT2D eigenvalue weighted by atomic mass is 19.1. The van der Waals surface area contributed by atoms with E-state index in [0.29, 0.717) is 30.8 Å². The normalized spacial score (nSPS) is 27.6. The third kappa shape index (κ3) is 3.37. The van der Waals surface area contributed by atoms with E-state index in [2.05, 4.69) is 14.9 Å². The van der Waals surface area contributed by atoms with Crippen LogP contribution in [0.4, 0.5) is 4.39 Å². The van der Waals surface area contributed by atoms with E-state index >= 15 is 0 Å². The van der Waals surface area contributed by atoms with Crippen molar-refractivity contribution >= 4 is 0 Å². The molecule has 3 heterocycles. The summed E-state index contributed by atoms with van der Waals surface area (Å²) in [5, 5.41) is 11.4. The summed E-state index contributed by atoms with van der Waals surface area (Å²) in [5.74, 6) is 0.135. The molecule has 0 spiro atoms. The minimum atomic E-state index is -1.04. The number of fused-ring (bicyclic) bond motifs is 2. The molecule has 3 atom stereocenters. The van der Waals surface area contributed by atoms with Gasteiger partial charge in [-0.1, -0.05) is 12.1 Å². The molecule has 0 saturated carbocycles. The molecule has 2 aromatic rings. The molecule has 1 N–H and O–H groups in total. The third-order valence-electron chi connectivity index (χ3n) is 5.78. The first-order valence-corrected chi connectivity index (χ1v) is 9.20. The molecule has 2 saturated heterocycles. The Morgan fingerprint density at radius 2 is 1.96 bits per heavy atom. The van der Waals surface area contributed by atoms with Crippen molar-refractivity contribution in [3.05, 3.63) is 47.4 Å². The predicted octanol–water partition coefficient (Wildman–Crippen LogP) is 2.65. The van der Waals surface area contributed by atoms with Gasteiger partial charge in [0.25, 0.3) is 0 Å². The van der Waals surface area contributed by atoms with Crippen molar-refractivity contribution in [1.29, 1.82) is 0 Å². The topological polar surface area (TPSA) is 67.7 Å². The molecule has 2 aliphatic heterocycles. The molecule has 4 rings (SSSR count). The van der Waals surface area contributed by atoms with Crippen LogP contribution in [0.15, 0.2) is 30.5 Å². The van der Waals surface area contributed by atoms with Crippen molar-refractivity contribution in [1.82, 2.24) is 14.9 Å². The molecule has 1 aromatic heterocycles. The number of rotatable bonds is 5. The minimum Gasteiger partial charge on any atom is -0.481 e. The monoisotopic (exact) mass is 373 g/mol. The lowest BCUT2D eigenvalue weighted by Crippen LogP contribution is -2.49. The van der Waals surface area contributed by atoms with E-state index in [9.17, 15) is 9.50 Å². The van der Waals surface area contributed by atoms with Gasteiger partial charge in [-0.3, -0.25) is 4.90 Å².